The van der Waals surface area contributed by atoms with Gasteiger partial charge in [-0.2, -0.15) is 0 Å². The van der Waals surface area contributed by atoms with Crippen LogP contribution in [-0.2, 0) is 4.79 Å². The summed E-state index contributed by atoms with van der Waals surface area (Å²) in [6, 6.07) is 0. The van der Waals surface area contributed by atoms with Gasteiger partial charge in [0.1, 0.15) is 5.78 Å². The van der Waals surface area contributed by atoms with Crippen LogP contribution in [0.25, 0.3) is 0 Å². The first kappa shape index (κ1) is 8.68. The summed E-state index contributed by atoms with van der Waals surface area (Å²) in [5, 5.41) is 3.10. The number of Topliss-reactive ketones (excluding diaryl/α,β-unsaturated/α-hetero) is 1. The van der Waals surface area contributed by atoms with E-state index >= 15 is 0 Å². The van der Waals surface area contributed by atoms with Gasteiger partial charge in [-0.25, -0.2) is 0 Å². The predicted molar refractivity (Wildman–Crippen MR) is 44.2 cm³/mol. The van der Waals surface area contributed by atoms with Crippen LogP contribution < -0.4 is 11.1 Å². The van der Waals surface area contributed by atoms with Crippen LogP contribution in [0, 0.1) is 11.8 Å². The Morgan fingerprint density at radius 1 is 1.73 bits per heavy atom. The molecule has 3 N–H and O–H groups in total. The number of nitrogens with two attached hydrogens (primary N) is 1. The van der Waals surface area contributed by atoms with Gasteiger partial charge in [0.05, 0.1) is 6.54 Å². The van der Waals surface area contributed by atoms with Crippen molar-refractivity contribution in [3.8, 4) is 0 Å². The first-order valence-electron chi connectivity index (χ1n) is 4.17. The fraction of sp³-hybridized carbons (Fsp3) is 0.875. The van der Waals surface area contributed by atoms with Crippen LogP contribution in [0.5, 0.6) is 0 Å². The molecule has 0 aromatic rings. The molecule has 2 atom stereocenters. The van der Waals surface area contributed by atoms with Gasteiger partial charge in [-0.15, -0.1) is 0 Å². The number of hydrogen-bond donors (Lipinski definition) is 2. The molecule has 1 saturated heterocycles. The summed E-state index contributed by atoms with van der Waals surface area (Å²) in [7, 11) is 0. The molecule has 64 valence electrons. The molecule has 0 aromatic carbocycles. The van der Waals surface area contributed by atoms with Crippen LogP contribution in [0.15, 0.2) is 0 Å². The Labute approximate surface area is 67.3 Å². The minimum absolute atomic E-state index is 0.193. The van der Waals surface area contributed by atoms with E-state index in [2.05, 4.69) is 5.32 Å². The molecule has 3 nitrogen and oxygen atoms in total. The number of rotatable bonds is 1. The molecular formula is C8H16N2O. The number of nitrogens with one attached hydrogen (secondary N) is 1. The van der Waals surface area contributed by atoms with Gasteiger partial charge in [0, 0.05) is 5.92 Å². The van der Waals surface area contributed by atoms with Gasteiger partial charge in [-0.3, -0.25) is 4.79 Å². The van der Waals surface area contributed by atoms with Crippen molar-refractivity contribution in [3.05, 3.63) is 0 Å². The van der Waals surface area contributed by atoms with E-state index in [0.29, 0.717) is 24.8 Å². The maximum absolute atomic E-state index is 11.2. The minimum atomic E-state index is 0.193. The fourth-order valence-electron chi connectivity index (χ4n) is 1.47. The minimum Gasteiger partial charge on any atom is -0.330 e. The highest BCUT2D eigenvalue weighted by Crippen LogP contribution is 2.13. The summed E-state index contributed by atoms with van der Waals surface area (Å²) in [6.07, 6.45) is 0.947. The van der Waals surface area contributed by atoms with Crippen molar-refractivity contribution in [1.82, 2.24) is 5.32 Å². The van der Waals surface area contributed by atoms with E-state index in [9.17, 15) is 4.79 Å². The van der Waals surface area contributed by atoms with Gasteiger partial charge in [0.25, 0.3) is 0 Å². The standard InChI is InChI=1S/C8H16N2O/c1-6-2-7(3-9)4-10-5-8(6)11/h6-7,10H,2-5,9H2,1H3. The lowest BCUT2D eigenvalue weighted by Crippen LogP contribution is -2.27. The van der Waals surface area contributed by atoms with Crippen molar-refractivity contribution in [2.45, 2.75) is 13.3 Å². The van der Waals surface area contributed by atoms with E-state index in [1.54, 1.807) is 0 Å². The van der Waals surface area contributed by atoms with Crippen molar-refractivity contribution in [1.29, 1.82) is 0 Å². The number of carbonyl (C=O) groups excluding carboxylic acids is 1. The maximum atomic E-state index is 11.2. The monoisotopic (exact) mass is 156 g/mol. The van der Waals surface area contributed by atoms with Crippen LogP contribution >= 0.6 is 0 Å². The Kier molecular flexibility index (Phi) is 3.02. The van der Waals surface area contributed by atoms with Gasteiger partial charge in [-0.05, 0) is 25.4 Å². The normalized spacial score (nSPS) is 33.5. The summed E-state index contributed by atoms with van der Waals surface area (Å²) in [4.78, 5) is 11.2. The lowest BCUT2D eigenvalue weighted by Gasteiger charge is -2.12. The van der Waals surface area contributed by atoms with Gasteiger partial charge in [0.15, 0.2) is 0 Å². The molecule has 0 bridgehead atoms. The Morgan fingerprint density at radius 3 is 3.09 bits per heavy atom. The molecule has 0 saturated carbocycles. The lowest BCUT2D eigenvalue weighted by atomic mass is 9.95. The van der Waals surface area contributed by atoms with E-state index in [1.807, 2.05) is 6.92 Å². The number of ketones is 1. The Morgan fingerprint density at radius 2 is 2.45 bits per heavy atom. The van der Waals surface area contributed by atoms with Crippen LogP contribution in [0.2, 0.25) is 0 Å². The molecule has 1 fully saturated rings. The Balaban J connectivity index is 2.48. The average Bonchev–Trinajstić information content (AvgIpc) is 2.15. The highest BCUT2D eigenvalue weighted by atomic mass is 16.1. The largest absolute Gasteiger partial charge is 0.330 e. The van der Waals surface area contributed by atoms with Crippen molar-refractivity contribution in [2.24, 2.45) is 17.6 Å². The van der Waals surface area contributed by atoms with Crippen LogP contribution in [0.4, 0.5) is 0 Å². The topological polar surface area (TPSA) is 55.1 Å². The zero-order valence-corrected chi connectivity index (χ0v) is 6.97. The molecule has 0 spiro atoms. The SMILES string of the molecule is CC1CC(CN)CNCC1=O. The Bertz CT molecular complexity index is 147. The first-order chi connectivity index (χ1) is 5.24. The summed E-state index contributed by atoms with van der Waals surface area (Å²) >= 11 is 0. The predicted octanol–water partition coefficient (Wildman–Crippen LogP) is -0.240. The molecule has 1 rings (SSSR count). The third-order valence-corrected chi connectivity index (χ3v) is 2.30. The fourth-order valence-corrected chi connectivity index (χ4v) is 1.47. The second-order valence-electron chi connectivity index (χ2n) is 3.34. The average molecular weight is 156 g/mol. The zero-order chi connectivity index (χ0) is 8.27. The zero-order valence-electron chi connectivity index (χ0n) is 6.97. The van der Waals surface area contributed by atoms with Crippen LogP contribution in [-0.4, -0.2) is 25.4 Å². The molecule has 3 heteroatoms. The van der Waals surface area contributed by atoms with Gasteiger partial charge in [-0.1, -0.05) is 6.92 Å². The molecule has 0 aromatic heterocycles. The van der Waals surface area contributed by atoms with Crippen molar-refractivity contribution in [2.75, 3.05) is 19.6 Å². The molecule has 1 aliphatic heterocycles. The van der Waals surface area contributed by atoms with E-state index in [-0.39, 0.29) is 5.92 Å². The summed E-state index contributed by atoms with van der Waals surface area (Å²) in [5.41, 5.74) is 5.53. The van der Waals surface area contributed by atoms with Crippen molar-refractivity contribution in [3.63, 3.8) is 0 Å². The van der Waals surface area contributed by atoms with Gasteiger partial charge >= 0.3 is 0 Å². The number of carbonyl (C=O) groups is 1. The highest BCUT2D eigenvalue weighted by molar-refractivity contribution is 5.82. The second-order valence-corrected chi connectivity index (χ2v) is 3.34. The van der Waals surface area contributed by atoms with E-state index in [0.717, 1.165) is 13.0 Å². The Hall–Kier alpha value is -0.410. The molecule has 1 aliphatic rings. The van der Waals surface area contributed by atoms with Gasteiger partial charge in [0.2, 0.25) is 0 Å². The van der Waals surface area contributed by atoms with Crippen molar-refractivity contribution < 1.29 is 4.79 Å². The molecule has 11 heavy (non-hydrogen) atoms. The van der Waals surface area contributed by atoms with E-state index in [1.165, 1.54) is 0 Å². The van der Waals surface area contributed by atoms with Crippen LogP contribution in [0.1, 0.15) is 13.3 Å². The van der Waals surface area contributed by atoms with Crippen molar-refractivity contribution >= 4 is 5.78 Å². The third-order valence-electron chi connectivity index (χ3n) is 2.30. The molecular weight excluding hydrogens is 140 g/mol. The first-order valence-corrected chi connectivity index (χ1v) is 4.17. The summed E-state index contributed by atoms with van der Waals surface area (Å²) < 4.78 is 0. The van der Waals surface area contributed by atoms with Crippen LogP contribution in [0.3, 0.4) is 0 Å². The lowest BCUT2D eigenvalue weighted by molar-refractivity contribution is -0.121. The summed E-state index contributed by atoms with van der Waals surface area (Å²) in [5.74, 6) is 0.996. The van der Waals surface area contributed by atoms with E-state index < -0.39 is 0 Å². The smallest absolute Gasteiger partial charge is 0.149 e. The third kappa shape index (κ3) is 2.27. The molecule has 0 aliphatic carbocycles. The molecule has 1 heterocycles. The molecule has 0 amide bonds. The molecule has 2 unspecified atom stereocenters. The van der Waals surface area contributed by atoms with E-state index in [4.69, 9.17) is 5.73 Å². The second kappa shape index (κ2) is 3.83. The summed E-state index contributed by atoms with van der Waals surface area (Å²) in [6.45, 7) is 4.09. The number of hydrogen-bond acceptors (Lipinski definition) is 3. The molecule has 0 radical (unpaired) electrons. The maximum Gasteiger partial charge on any atom is 0.149 e. The highest BCUT2D eigenvalue weighted by Gasteiger charge is 2.21. The van der Waals surface area contributed by atoms with Gasteiger partial charge < -0.3 is 11.1 Å². The quantitative estimate of drug-likeness (QED) is 0.551.